The summed E-state index contributed by atoms with van der Waals surface area (Å²) in [4.78, 5) is 0. The maximum atomic E-state index is 5.80. The molecule has 1 N–H and O–H groups in total. The Morgan fingerprint density at radius 2 is 2.06 bits per heavy atom. The second kappa shape index (κ2) is 6.58. The van der Waals surface area contributed by atoms with Crippen molar-refractivity contribution in [3.8, 4) is 0 Å². The molecule has 2 rings (SSSR count). The van der Waals surface area contributed by atoms with Gasteiger partial charge in [0, 0.05) is 12.6 Å². The minimum absolute atomic E-state index is 0.362. The van der Waals surface area contributed by atoms with E-state index in [2.05, 4.69) is 12.4 Å². The molecule has 1 saturated carbocycles. The molecule has 2 fully saturated rings. The Bertz CT molecular complexity index is 186. The van der Waals surface area contributed by atoms with Crippen molar-refractivity contribution >= 4 is 0 Å². The fourth-order valence-corrected chi connectivity index (χ4v) is 2.92. The van der Waals surface area contributed by atoms with Crippen molar-refractivity contribution in [3.05, 3.63) is 0 Å². The Balaban J connectivity index is 1.62. The van der Waals surface area contributed by atoms with Gasteiger partial charge in [0.25, 0.3) is 0 Å². The lowest BCUT2D eigenvalue weighted by Crippen LogP contribution is -2.37. The van der Waals surface area contributed by atoms with Crippen LogP contribution in [0, 0.1) is 5.92 Å². The van der Waals surface area contributed by atoms with E-state index in [-0.39, 0.29) is 0 Å². The normalized spacial score (nSPS) is 28.7. The quantitative estimate of drug-likeness (QED) is 0.752. The van der Waals surface area contributed by atoms with E-state index < -0.39 is 0 Å². The average Bonchev–Trinajstić information content (AvgIpc) is 2.96. The highest BCUT2D eigenvalue weighted by Gasteiger charge is 2.24. The molecule has 1 heterocycles. The predicted molar refractivity (Wildman–Crippen MR) is 64.6 cm³/mol. The minimum Gasteiger partial charge on any atom is -0.377 e. The van der Waals surface area contributed by atoms with Crippen LogP contribution in [0.5, 0.6) is 0 Å². The summed E-state index contributed by atoms with van der Waals surface area (Å²) in [5.41, 5.74) is 0. The largest absolute Gasteiger partial charge is 0.377 e. The van der Waals surface area contributed by atoms with E-state index in [1.807, 2.05) is 0 Å². The molecule has 3 heteroatoms. The Labute approximate surface area is 98.9 Å². The van der Waals surface area contributed by atoms with Crippen molar-refractivity contribution < 1.29 is 9.47 Å². The molecule has 0 aromatic rings. The van der Waals surface area contributed by atoms with Gasteiger partial charge in [-0.15, -0.1) is 0 Å². The molecule has 16 heavy (non-hydrogen) atoms. The zero-order valence-corrected chi connectivity index (χ0v) is 10.4. The molecule has 94 valence electrons. The summed E-state index contributed by atoms with van der Waals surface area (Å²) < 4.78 is 11.3. The topological polar surface area (TPSA) is 30.5 Å². The third kappa shape index (κ3) is 3.44. The van der Waals surface area contributed by atoms with E-state index in [1.165, 1.54) is 38.5 Å². The standard InChI is InChI=1S/C13H25NO2/c1-14-13(11-5-2-3-6-11)10-15-9-12-7-4-8-16-12/h11-14H,2-10H2,1H3. The van der Waals surface area contributed by atoms with Crippen molar-refractivity contribution in [1.29, 1.82) is 0 Å². The highest BCUT2D eigenvalue weighted by atomic mass is 16.5. The molecule has 0 spiro atoms. The third-order valence-corrected chi connectivity index (χ3v) is 3.96. The zero-order chi connectivity index (χ0) is 11.2. The van der Waals surface area contributed by atoms with Crippen LogP contribution in [0.4, 0.5) is 0 Å². The second-order valence-electron chi connectivity index (χ2n) is 5.11. The Morgan fingerprint density at radius 1 is 1.25 bits per heavy atom. The molecule has 2 unspecified atom stereocenters. The predicted octanol–water partition coefficient (Wildman–Crippen LogP) is 1.96. The Morgan fingerprint density at radius 3 is 2.69 bits per heavy atom. The Hall–Kier alpha value is -0.120. The van der Waals surface area contributed by atoms with Gasteiger partial charge in [0.15, 0.2) is 0 Å². The van der Waals surface area contributed by atoms with Crippen molar-refractivity contribution in [2.24, 2.45) is 5.92 Å². The first kappa shape index (κ1) is 12.3. The third-order valence-electron chi connectivity index (χ3n) is 3.96. The first-order valence-corrected chi connectivity index (χ1v) is 6.76. The van der Waals surface area contributed by atoms with Gasteiger partial charge in [0.1, 0.15) is 0 Å². The summed E-state index contributed by atoms with van der Waals surface area (Å²) >= 11 is 0. The van der Waals surface area contributed by atoms with Gasteiger partial charge in [0.2, 0.25) is 0 Å². The first-order valence-electron chi connectivity index (χ1n) is 6.76. The van der Waals surface area contributed by atoms with Crippen LogP contribution < -0.4 is 5.32 Å². The fourth-order valence-electron chi connectivity index (χ4n) is 2.92. The van der Waals surface area contributed by atoms with Crippen LogP contribution in [0.2, 0.25) is 0 Å². The van der Waals surface area contributed by atoms with Crippen molar-refractivity contribution in [2.75, 3.05) is 26.9 Å². The molecule has 1 aliphatic heterocycles. The first-order chi connectivity index (χ1) is 7.90. The maximum Gasteiger partial charge on any atom is 0.0809 e. The van der Waals surface area contributed by atoms with E-state index in [9.17, 15) is 0 Å². The molecule has 2 atom stereocenters. The monoisotopic (exact) mass is 227 g/mol. The smallest absolute Gasteiger partial charge is 0.0809 e. The number of hydrogen-bond donors (Lipinski definition) is 1. The maximum absolute atomic E-state index is 5.80. The van der Waals surface area contributed by atoms with Gasteiger partial charge < -0.3 is 14.8 Å². The molecule has 1 aliphatic carbocycles. The Kier molecular flexibility index (Phi) is 5.07. The van der Waals surface area contributed by atoms with E-state index in [0.29, 0.717) is 12.1 Å². The SMILES string of the molecule is CNC(COCC1CCCO1)C1CCCC1. The van der Waals surface area contributed by atoms with Crippen LogP contribution in [0.15, 0.2) is 0 Å². The van der Waals surface area contributed by atoms with Gasteiger partial charge in [-0.25, -0.2) is 0 Å². The van der Waals surface area contributed by atoms with Gasteiger partial charge in [0.05, 0.1) is 19.3 Å². The average molecular weight is 227 g/mol. The lowest BCUT2D eigenvalue weighted by Gasteiger charge is -2.23. The summed E-state index contributed by atoms with van der Waals surface area (Å²) in [6.45, 7) is 2.55. The number of hydrogen-bond acceptors (Lipinski definition) is 3. The zero-order valence-electron chi connectivity index (χ0n) is 10.4. The van der Waals surface area contributed by atoms with E-state index in [1.54, 1.807) is 0 Å². The van der Waals surface area contributed by atoms with Gasteiger partial charge in [-0.1, -0.05) is 12.8 Å². The van der Waals surface area contributed by atoms with E-state index in [0.717, 1.165) is 25.7 Å². The molecule has 0 amide bonds. The molecular formula is C13H25NO2. The van der Waals surface area contributed by atoms with Crippen LogP contribution in [-0.4, -0.2) is 39.0 Å². The van der Waals surface area contributed by atoms with E-state index in [4.69, 9.17) is 9.47 Å². The minimum atomic E-state index is 0.362. The summed E-state index contributed by atoms with van der Waals surface area (Å²) in [6, 6.07) is 0.545. The molecule has 2 aliphatic rings. The molecule has 3 nitrogen and oxygen atoms in total. The molecule has 0 aromatic carbocycles. The summed E-state index contributed by atoms with van der Waals surface area (Å²) in [5, 5.41) is 3.40. The molecular weight excluding hydrogens is 202 g/mol. The summed E-state index contributed by atoms with van der Waals surface area (Å²) in [5.74, 6) is 0.828. The number of rotatable bonds is 6. The number of ether oxygens (including phenoxy) is 2. The molecule has 0 bridgehead atoms. The number of likely N-dealkylation sites (N-methyl/N-ethyl adjacent to an activating group) is 1. The van der Waals surface area contributed by atoms with Crippen LogP contribution in [0.25, 0.3) is 0 Å². The molecule has 0 aromatic heterocycles. The van der Waals surface area contributed by atoms with Gasteiger partial charge in [-0.2, -0.15) is 0 Å². The molecule has 0 radical (unpaired) electrons. The van der Waals surface area contributed by atoms with E-state index >= 15 is 0 Å². The van der Waals surface area contributed by atoms with Crippen molar-refractivity contribution in [3.63, 3.8) is 0 Å². The van der Waals surface area contributed by atoms with Gasteiger partial charge in [-0.3, -0.25) is 0 Å². The van der Waals surface area contributed by atoms with Crippen LogP contribution in [0.1, 0.15) is 38.5 Å². The fraction of sp³-hybridized carbons (Fsp3) is 1.00. The summed E-state index contributed by atoms with van der Waals surface area (Å²) in [7, 11) is 2.05. The molecule has 1 saturated heterocycles. The highest BCUT2D eigenvalue weighted by molar-refractivity contribution is 4.79. The highest BCUT2D eigenvalue weighted by Crippen LogP contribution is 2.27. The van der Waals surface area contributed by atoms with Crippen LogP contribution in [0.3, 0.4) is 0 Å². The van der Waals surface area contributed by atoms with Crippen LogP contribution in [-0.2, 0) is 9.47 Å². The number of nitrogens with one attached hydrogen (secondary N) is 1. The van der Waals surface area contributed by atoms with Crippen molar-refractivity contribution in [1.82, 2.24) is 5.32 Å². The van der Waals surface area contributed by atoms with Gasteiger partial charge in [-0.05, 0) is 38.6 Å². The van der Waals surface area contributed by atoms with Crippen molar-refractivity contribution in [2.45, 2.75) is 50.7 Å². The lowest BCUT2D eigenvalue weighted by atomic mass is 9.99. The lowest BCUT2D eigenvalue weighted by molar-refractivity contribution is 0.00572. The second-order valence-corrected chi connectivity index (χ2v) is 5.11. The van der Waals surface area contributed by atoms with Crippen LogP contribution >= 0.6 is 0 Å². The summed E-state index contributed by atoms with van der Waals surface area (Å²) in [6.07, 6.45) is 8.27. The van der Waals surface area contributed by atoms with Gasteiger partial charge >= 0.3 is 0 Å².